The highest BCUT2D eigenvalue weighted by atomic mass is 16.3. The van der Waals surface area contributed by atoms with Gasteiger partial charge in [0.05, 0.1) is 18.8 Å². The standard InChI is InChI=1S/C20H19N5O3/c1-12-3-5-14(6-4-12)25-22-16-9-13(2)15(10-17(16)23-25)21-18-11-19(27)24(7-8-26)20(18)28/h3-6,9-11,21,26H,7-8H2,1-2H3. The molecular weight excluding hydrogens is 358 g/mol. The van der Waals surface area contributed by atoms with Crippen LogP contribution in [0, 0.1) is 13.8 Å². The van der Waals surface area contributed by atoms with Crippen molar-refractivity contribution < 1.29 is 14.7 Å². The van der Waals surface area contributed by atoms with Gasteiger partial charge in [-0.25, -0.2) is 0 Å². The van der Waals surface area contributed by atoms with E-state index in [1.54, 1.807) is 10.9 Å². The van der Waals surface area contributed by atoms with Crippen molar-refractivity contribution in [1.29, 1.82) is 0 Å². The molecular formula is C20H19N5O3. The zero-order valence-corrected chi connectivity index (χ0v) is 15.5. The van der Waals surface area contributed by atoms with E-state index in [1.165, 1.54) is 6.08 Å². The number of amides is 2. The number of carbonyl (C=O) groups is 2. The van der Waals surface area contributed by atoms with Crippen LogP contribution in [0.5, 0.6) is 0 Å². The lowest BCUT2D eigenvalue weighted by Crippen LogP contribution is -2.34. The minimum atomic E-state index is -0.457. The Labute approximate surface area is 161 Å². The Morgan fingerprint density at radius 3 is 2.39 bits per heavy atom. The Kier molecular flexibility index (Phi) is 4.40. The molecule has 3 aromatic rings. The minimum Gasteiger partial charge on any atom is -0.395 e. The zero-order valence-electron chi connectivity index (χ0n) is 15.5. The van der Waals surface area contributed by atoms with Gasteiger partial charge in [-0.05, 0) is 43.7 Å². The first-order valence-corrected chi connectivity index (χ1v) is 8.86. The Bertz CT molecular complexity index is 1110. The highest BCUT2D eigenvalue weighted by Gasteiger charge is 2.30. The van der Waals surface area contributed by atoms with Crippen molar-refractivity contribution in [2.45, 2.75) is 13.8 Å². The summed E-state index contributed by atoms with van der Waals surface area (Å²) in [4.78, 5) is 26.8. The second-order valence-electron chi connectivity index (χ2n) is 6.68. The molecule has 1 aromatic heterocycles. The van der Waals surface area contributed by atoms with Crippen LogP contribution in [0.25, 0.3) is 16.7 Å². The molecule has 8 heteroatoms. The predicted molar refractivity (Wildman–Crippen MR) is 104 cm³/mol. The lowest BCUT2D eigenvalue weighted by atomic mass is 10.1. The van der Waals surface area contributed by atoms with Crippen LogP contribution in [-0.4, -0.2) is 50.0 Å². The van der Waals surface area contributed by atoms with Crippen LogP contribution in [0.2, 0.25) is 0 Å². The SMILES string of the molecule is Cc1ccc(-n2nc3cc(C)c(NC4=CC(=O)N(CCO)C4=O)cc3n2)cc1. The monoisotopic (exact) mass is 377 g/mol. The molecule has 2 heterocycles. The van der Waals surface area contributed by atoms with E-state index in [-0.39, 0.29) is 18.8 Å². The van der Waals surface area contributed by atoms with Gasteiger partial charge in [0.1, 0.15) is 16.7 Å². The molecule has 0 aliphatic carbocycles. The number of rotatable bonds is 5. The smallest absolute Gasteiger partial charge is 0.277 e. The molecule has 0 bridgehead atoms. The van der Waals surface area contributed by atoms with Gasteiger partial charge >= 0.3 is 0 Å². The number of aryl methyl sites for hydroxylation is 2. The Morgan fingerprint density at radius 2 is 1.71 bits per heavy atom. The van der Waals surface area contributed by atoms with E-state index >= 15 is 0 Å². The van der Waals surface area contributed by atoms with Crippen LogP contribution in [0.1, 0.15) is 11.1 Å². The lowest BCUT2D eigenvalue weighted by molar-refractivity contribution is -0.137. The summed E-state index contributed by atoms with van der Waals surface area (Å²) in [6, 6.07) is 11.6. The highest BCUT2D eigenvalue weighted by Crippen LogP contribution is 2.25. The fourth-order valence-electron chi connectivity index (χ4n) is 3.05. The van der Waals surface area contributed by atoms with Crippen molar-refractivity contribution >= 4 is 28.5 Å². The molecule has 0 unspecified atom stereocenters. The molecule has 0 fully saturated rings. The number of carbonyl (C=O) groups excluding carboxylic acids is 2. The second kappa shape index (κ2) is 6.90. The van der Waals surface area contributed by atoms with Crippen molar-refractivity contribution in [2.75, 3.05) is 18.5 Å². The third kappa shape index (κ3) is 3.14. The third-order valence-corrected chi connectivity index (χ3v) is 4.59. The van der Waals surface area contributed by atoms with Gasteiger partial charge in [0.25, 0.3) is 11.8 Å². The molecule has 1 aliphatic rings. The van der Waals surface area contributed by atoms with Gasteiger partial charge in [0.15, 0.2) is 0 Å². The number of imide groups is 1. The molecule has 0 atom stereocenters. The molecule has 0 spiro atoms. The fourth-order valence-corrected chi connectivity index (χ4v) is 3.05. The first kappa shape index (κ1) is 17.9. The summed E-state index contributed by atoms with van der Waals surface area (Å²) in [5, 5.41) is 21.1. The summed E-state index contributed by atoms with van der Waals surface area (Å²) in [6.07, 6.45) is 1.24. The molecule has 2 amide bonds. The maximum absolute atomic E-state index is 12.3. The number of hydrogen-bond donors (Lipinski definition) is 2. The summed E-state index contributed by atoms with van der Waals surface area (Å²) >= 11 is 0. The van der Waals surface area contributed by atoms with E-state index in [4.69, 9.17) is 5.11 Å². The maximum atomic E-state index is 12.3. The minimum absolute atomic E-state index is 0.0256. The fraction of sp³-hybridized carbons (Fsp3) is 0.200. The van der Waals surface area contributed by atoms with Crippen molar-refractivity contribution in [3.05, 3.63) is 59.3 Å². The summed E-state index contributed by atoms with van der Waals surface area (Å²) in [5.74, 6) is -0.896. The number of nitrogens with zero attached hydrogens (tertiary/aromatic N) is 4. The summed E-state index contributed by atoms with van der Waals surface area (Å²) in [5.41, 5.74) is 5.11. The third-order valence-electron chi connectivity index (χ3n) is 4.59. The largest absolute Gasteiger partial charge is 0.395 e. The van der Waals surface area contributed by atoms with Crippen molar-refractivity contribution in [3.63, 3.8) is 0 Å². The Morgan fingerprint density at radius 1 is 1.04 bits per heavy atom. The van der Waals surface area contributed by atoms with Gasteiger partial charge in [-0.2, -0.15) is 4.80 Å². The molecule has 0 saturated carbocycles. The van der Waals surface area contributed by atoms with Crippen LogP contribution in [0.15, 0.2) is 48.2 Å². The maximum Gasteiger partial charge on any atom is 0.277 e. The number of hydrogen-bond acceptors (Lipinski definition) is 6. The average Bonchev–Trinajstić information content (AvgIpc) is 3.18. The van der Waals surface area contributed by atoms with Crippen LogP contribution < -0.4 is 5.32 Å². The molecule has 142 valence electrons. The molecule has 0 radical (unpaired) electrons. The van der Waals surface area contributed by atoms with Crippen molar-refractivity contribution in [3.8, 4) is 5.69 Å². The van der Waals surface area contributed by atoms with E-state index in [1.807, 2.05) is 44.2 Å². The number of fused-ring (bicyclic) bond motifs is 1. The lowest BCUT2D eigenvalue weighted by Gasteiger charge is -2.14. The number of aliphatic hydroxyl groups is 1. The number of benzene rings is 2. The second-order valence-corrected chi connectivity index (χ2v) is 6.68. The number of nitrogens with one attached hydrogen (secondary N) is 1. The van der Waals surface area contributed by atoms with E-state index < -0.39 is 11.8 Å². The molecule has 2 N–H and O–H groups in total. The van der Waals surface area contributed by atoms with Gasteiger partial charge in [-0.1, -0.05) is 17.7 Å². The summed E-state index contributed by atoms with van der Waals surface area (Å²) in [6.45, 7) is 3.61. The number of aromatic nitrogens is 3. The predicted octanol–water partition coefficient (Wildman–Crippen LogP) is 1.69. The van der Waals surface area contributed by atoms with Crippen molar-refractivity contribution in [2.24, 2.45) is 0 Å². The molecule has 4 rings (SSSR count). The Hall–Kier alpha value is -3.52. The molecule has 2 aromatic carbocycles. The van der Waals surface area contributed by atoms with E-state index in [9.17, 15) is 9.59 Å². The van der Waals surface area contributed by atoms with Crippen LogP contribution in [-0.2, 0) is 9.59 Å². The summed E-state index contributed by atoms with van der Waals surface area (Å²) in [7, 11) is 0. The quantitative estimate of drug-likeness (QED) is 0.657. The molecule has 1 aliphatic heterocycles. The molecule has 28 heavy (non-hydrogen) atoms. The zero-order chi connectivity index (χ0) is 19.8. The Balaban J connectivity index is 1.64. The van der Waals surface area contributed by atoms with E-state index in [2.05, 4.69) is 15.5 Å². The first-order chi connectivity index (χ1) is 13.5. The van der Waals surface area contributed by atoms with Crippen LogP contribution in [0.3, 0.4) is 0 Å². The molecule has 0 saturated heterocycles. The number of aliphatic hydroxyl groups excluding tert-OH is 1. The van der Waals surface area contributed by atoms with E-state index in [0.717, 1.165) is 27.2 Å². The van der Waals surface area contributed by atoms with Crippen LogP contribution >= 0.6 is 0 Å². The van der Waals surface area contributed by atoms with Gasteiger partial charge < -0.3 is 10.4 Å². The van der Waals surface area contributed by atoms with Gasteiger partial charge in [0, 0.05) is 11.8 Å². The number of β-amino-alcohol motifs (C(OH)–C–C–N with tert-alkyl or cyclic N) is 1. The van der Waals surface area contributed by atoms with E-state index in [0.29, 0.717) is 11.2 Å². The first-order valence-electron chi connectivity index (χ1n) is 8.86. The van der Waals surface area contributed by atoms with Gasteiger partial charge in [-0.15, -0.1) is 10.2 Å². The topological polar surface area (TPSA) is 100 Å². The van der Waals surface area contributed by atoms with Gasteiger partial charge in [0.2, 0.25) is 0 Å². The molecule has 8 nitrogen and oxygen atoms in total. The van der Waals surface area contributed by atoms with Crippen LogP contribution in [0.4, 0.5) is 5.69 Å². The summed E-state index contributed by atoms with van der Waals surface area (Å²) < 4.78 is 0. The number of anilines is 1. The van der Waals surface area contributed by atoms with Crippen molar-refractivity contribution in [1.82, 2.24) is 19.9 Å². The average molecular weight is 377 g/mol. The normalized spacial score (nSPS) is 14.1. The highest BCUT2D eigenvalue weighted by molar-refractivity contribution is 6.17. The van der Waals surface area contributed by atoms with Gasteiger partial charge in [-0.3, -0.25) is 14.5 Å².